The van der Waals surface area contributed by atoms with Crippen LogP contribution in [-0.2, 0) is 0 Å². The van der Waals surface area contributed by atoms with E-state index in [4.69, 9.17) is 0 Å². The maximum absolute atomic E-state index is 2.83. The standard InChI is InChI=1S/C4H8N.2C2H5.Ga/c1-2-4-5-3-1;2*1-2;/h1-4H2;2*1H2,2H3;/q-1;;;+1. The quantitative estimate of drug-likeness (QED) is 0.627. The molecule has 0 saturated carbocycles. The molecule has 0 aromatic rings. The first-order chi connectivity index (χ1) is 4.88. The number of nitrogens with zero attached hydrogens (tertiary/aromatic N) is 1. The molecule has 0 spiro atoms. The van der Waals surface area contributed by atoms with Gasteiger partial charge in [0.25, 0.3) is 0 Å². The van der Waals surface area contributed by atoms with Crippen LogP contribution in [0.2, 0.25) is 9.95 Å². The van der Waals surface area contributed by atoms with Gasteiger partial charge in [0.05, 0.1) is 0 Å². The predicted molar refractivity (Wildman–Crippen MR) is 47.5 cm³/mol. The van der Waals surface area contributed by atoms with Crippen LogP contribution in [-0.4, -0.2) is 33.2 Å². The van der Waals surface area contributed by atoms with Crippen molar-refractivity contribution in [1.82, 2.24) is 3.61 Å². The van der Waals surface area contributed by atoms with Gasteiger partial charge in [-0.15, -0.1) is 0 Å². The molecule has 1 rings (SSSR count). The molecule has 0 aliphatic carbocycles. The Kier molecular flexibility index (Phi) is 3.88. The van der Waals surface area contributed by atoms with Crippen LogP contribution in [0.25, 0.3) is 0 Å². The summed E-state index contributed by atoms with van der Waals surface area (Å²) in [7, 11) is 0. The second kappa shape index (κ2) is 4.47. The Labute approximate surface area is 70.1 Å². The van der Waals surface area contributed by atoms with Crippen molar-refractivity contribution < 1.29 is 0 Å². The summed E-state index contributed by atoms with van der Waals surface area (Å²) in [5.74, 6) is 0. The van der Waals surface area contributed by atoms with E-state index in [0.29, 0.717) is 0 Å². The minimum atomic E-state index is -0.862. The molecule has 1 saturated heterocycles. The van der Waals surface area contributed by atoms with Crippen molar-refractivity contribution in [3.05, 3.63) is 0 Å². The molecular weight excluding hydrogens is 180 g/mol. The van der Waals surface area contributed by atoms with Gasteiger partial charge in [0.1, 0.15) is 0 Å². The van der Waals surface area contributed by atoms with Gasteiger partial charge in [0, 0.05) is 0 Å². The third-order valence-corrected chi connectivity index (χ3v) is 9.80. The van der Waals surface area contributed by atoms with Crippen LogP contribution in [0.1, 0.15) is 26.7 Å². The fourth-order valence-electron chi connectivity index (χ4n) is 1.91. The Hall–Kier alpha value is 0.596. The Morgan fingerprint density at radius 2 is 1.60 bits per heavy atom. The van der Waals surface area contributed by atoms with Crippen molar-refractivity contribution in [2.24, 2.45) is 0 Å². The van der Waals surface area contributed by atoms with Crippen LogP contribution in [0.3, 0.4) is 0 Å². The van der Waals surface area contributed by atoms with Gasteiger partial charge in [-0.05, 0) is 0 Å². The average Bonchev–Trinajstić information content (AvgIpc) is 2.43. The number of rotatable bonds is 3. The van der Waals surface area contributed by atoms with Crippen LogP contribution in [0.5, 0.6) is 0 Å². The molecule has 1 aliphatic heterocycles. The van der Waals surface area contributed by atoms with Gasteiger partial charge in [0.2, 0.25) is 0 Å². The fourth-order valence-corrected chi connectivity index (χ4v) is 7.59. The Balaban J connectivity index is 2.29. The summed E-state index contributed by atoms with van der Waals surface area (Å²) in [5, 5.41) is 0. The predicted octanol–water partition coefficient (Wildman–Crippen LogP) is 2.11. The zero-order valence-corrected chi connectivity index (χ0v) is 9.69. The normalized spacial score (nSPS) is 19.8. The first-order valence-electron chi connectivity index (χ1n) is 4.62. The Bertz CT molecular complexity index is 85.3. The van der Waals surface area contributed by atoms with E-state index in [9.17, 15) is 0 Å². The third kappa shape index (κ3) is 2.04. The summed E-state index contributed by atoms with van der Waals surface area (Å²) in [6.45, 7) is 7.64. The van der Waals surface area contributed by atoms with Crippen molar-refractivity contribution >= 4 is 16.5 Å². The molecule has 0 aromatic heterocycles. The molecule has 1 heterocycles. The van der Waals surface area contributed by atoms with E-state index in [1.807, 2.05) is 0 Å². The first-order valence-corrected chi connectivity index (χ1v) is 9.13. The van der Waals surface area contributed by atoms with Crippen LogP contribution in [0, 0.1) is 0 Å². The summed E-state index contributed by atoms with van der Waals surface area (Å²) < 4.78 is 2.83. The molecule has 1 aliphatic rings. The van der Waals surface area contributed by atoms with E-state index in [1.54, 1.807) is 0 Å². The van der Waals surface area contributed by atoms with Gasteiger partial charge in [-0.2, -0.15) is 0 Å². The molecule has 58 valence electrons. The van der Waals surface area contributed by atoms with Crippen LogP contribution in [0.4, 0.5) is 0 Å². The van der Waals surface area contributed by atoms with E-state index in [2.05, 4.69) is 17.5 Å². The molecule has 0 radical (unpaired) electrons. The van der Waals surface area contributed by atoms with Gasteiger partial charge < -0.3 is 0 Å². The van der Waals surface area contributed by atoms with Crippen molar-refractivity contribution in [3.8, 4) is 0 Å². The second-order valence-corrected chi connectivity index (χ2v) is 10.9. The van der Waals surface area contributed by atoms with E-state index in [-0.39, 0.29) is 0 Å². The summed E-state index contributed by atoms with van der Waals surface area (Å²) in [4.78, 5) is 3.03. The SMILES string of the molecule is C[CH2][Ga]([CH2]C)[N]1CCCC1. The van der Waals surface area contributed by atoms with E-state index in [0.717, 1.165) is 0 Å². The van der Waals surface area contributed by atoms with Gasteiger partial charge in [-0.3, -0.25) is 0 Å². The zero-order valence-electron chi connectivity index (χ0n) is 7.27. The van der Waals surface area contributed by atoms with Crippen molar-refractivity contribution in [2.75, 3.05) is 13.1 Å². The minimum absolute atomic E-state index is 0.862. The molecule has 0 atom stereocenters. The number of hydrogen-bond donors (Lipinski definition) is 0. The molecule has 2 heteroatoms. The van der Waals surface area contributed by atoms with Crippen LogP contribution in [0.15, 0.2) is 0 Å². The molecule has 0 amide bonds. The van der Waals surface area contributed by atoms with Crippen molar-refractivity contribution in [1.29, 1.82) is 0 Å². The fraction of sp³-hybridized carbons (Fsp3) is 1.00. The Morgan fingerprint density at radius 1 is 1.10 bits per heavy atom. The molecule has 0 unspecified atom stereocenters. The first kappa shape index (κ1) is 8.69. The van der Waals surface area contributed by atoms with Crippen molar-refractivity contribution in [3.63, 3.8) is 0 Å². The summed E-state index contributed by atoms with van der Waals surface area (Å²) in [5.41, 5.74) is 0. The van der Waals surface area contributed by atoms with Gasteiger partial charge in [-0.25, -0.2) is 0 Å². The Morgan fingerprint density at radius 3 is 2.00 bits per heavy atom. The third-order valence-electron chi connectivity index (χ3n) is 2.60. The molecule has 1 fully saturated rings. The van der Waals surface area contributed by atoms with Gasteiger partial charge in [-0.1, -0.05) is 0 Å². The molecule has 0 N–H and O–H groups in total. The monoisotopic (exact) mass is 197 g/mol. The second-order valence-electron chi connectivity index (χ2n) is 3.21. The van der Waals surface area contributed by atoms with Crippen LogP contribution >= 0.6 is 0 Å². The van der Waals surface area contributed by atoms with Gasteiger partial charge >= 0.3 is 69.8 Å². The number of hydrogen-bond acceptors (Lipinski definition) is 1. The summed E-state index contributed by atoms with van der Waals surface area (Å²) in [6.07, 6.45) is 2.95. The molecule has 1 nitrogen and oxygen atoms in total. The summed E-state index contributed by atoms with van der Waals surface area (Å²) in [6, 6.07) is 0. The molecule has 0 bridgehead atoms. The zero-order chi connectivity index (χ0) is 7.40. The van der Waals surface area contributed by atoms with E-state index in [1.165, 1.54) is 35.9 Å². The topological polar surface area (TPSA) is 3.24 Å². The van der Waals surface area contributed by atoms with E-state index >= 15 is 0 Å². The average molecular weight is 198 g/mol. The van der Waals surface area contributed by atoms with Crippen LogP contribution < -0.4 is 0 Å². The van der Waals surface area contributed by atoms with E-state index < -0.39 is 16.5 Å². The van der Waals surface area contributed by atoms with Gasteiger partial charge in [0.15, 0.2) is 0 Å². The maximum atomic E-state index is 2.83. The molecule has 10 heavy (non-hydrogen) atoms. The van der Waals surface area contributed by atoms with Crippen molar-refractivity contribution in [2.45, 2.75) is 36.6 Å². The summed E-state index contributed by atoms with van der Waals surface area (Å²) >= 11 is -0.862. The molecular formula is C8H18GaN. The molecule has 0 aromatic carbocycles.